The third-order valence-corrected chi connectivity index (χ3v) is 16.5. The van der Waals surface area contributed by atoms with Crippen LogP contribution in [0.15, 0.2) is 267 Å². The number of benzene rings is 11. The van der Waals surface area contributed by atoms with E-state index in [0.29, 0.717) is 17.5 Å². The number of fused-ring (bicyclic) bond motifs is 4. The number of anilines is 6. The molecular weight excluding hydrogens is 1010 g/mol. The number of aromatic nitrogens is 3. The Morgan fingerprint density at radius 3 is 0.855 bits per heavy atom. The van der Waals surface area contributed by atoms with Crippen molar-refractivity contribution < 1.29 is 0 Å². The first kappa shape index (κ1) is 51.3. The minimum absolute atomic E-state index is 0.148. The summed E-state index contributed by atoms with van der Waals surface area (Å²) < 4.78 is 0. The summed E-state index contributed by atoms with van der Waals surface area (Å²) in [5, 5.41) is 0. The van der Waals surface area contributed by atoms with Gasteiger partial charge in [0.1, 0.15) is 0 Å². The van der Waals surface area contributed by atoms with Crippen LogP contribution in [0.3, 0.4) is 0 Å². The molecule has 1 aromatic heterocycles. The molecule has 3 heterocycles. The third-order valence-electron chi connectivity index (χ3n) is 16.5. The second-order valence-electron chi connectivity index (χ2n) is 24.1. The number of hydrogen-bond donors (Lipinski definition) is 0. The maximum absolute atomic E-state index is 5.49. The Labute approximate surface area is 488 Å². The van der Waals surface area contributed by atoms with E-state index >= 15 is 0 Å². The van der Waals surface area contributed by atoms with Gasteiger partial charge in [-0.1, -0.05) is 248 Å². The van der Waals surface area contributed by atoms with Gasteiger partial charge >= 0.3 is 0 Å². The summed E-state index contributed by atoms with van der Waals surface area (Å²) in [5.74, 6) is 1.81. The van der Waals surface area contributed by atoms with Crippen LogP contribution < -0.4 is 26.2 Å². The summed E-state index contributed by atoms with van der Waals surface area (Å²) >= 11 is 0. The molecule has 83 heavy (non-hydrogen) atoms. The van der Waals surface area contributed by atoms with E-state index in [9.17, 15) is 0 Å². The summed E-state index contributed by atoms with van der Waals surface area (Å²) in [6, 6.07) is 97.3. The first-order valence-corrected chi connectivity index (χ1v) is 28.9. The molecule has 0 unspecified atom stereocenters. The molecule has 12 aromatic rings. The van der Waals surface area contributed by atoms with E-state index < -0.39 is 0 Å². The molecule has 0 radical (unpaired) electrons. The summed E-state index contributed by atoms with van der Waals surface area (Å²) in [6.45, 7) is 13.8. The zero-order chi connectivity index (χ0) is 56.4. The molecule has 0 aliphatic carbocycles. The normalized spacial score (nSPS) is 12.6. The molecule has 0 atom stereocenters. The van der Waals surface area contributed by atoms with Gasteiger partial charge in [-0.05, 0) is 144 Å². The zero-order valence-electron chi connectivity index (χ0n) is 47.7. The lowest BCUT2D eigenvalue weighted by Crippen LogP contribution is -2.61. The summed E-state index contributed by atoms with van der Waals surface area (Å²) in [4.78, 5) is 21.3. The summed E-state index contributed by atoms with van der Waals surface area (Å²) in [7, 11) is 0. The third kappa shape index (κ3) is 9.60. The molecule has 0 spiro atoms. The van der Waals surface area contributed by atoms with Crippen molar-refractivity contribution in [2.75, 3.05) is 9.80 Å². The molecule has 0 saturated heterocycles. The molecule has 0 fully saturated rings. The van der Waals surface area contributed by atoms with Crippen molar-refractivity contribution in [3.8, 4) is 78.7 Å². The van der Waals surface area contributed by atoms with E-state index in [2.05, 4.69) is 282 Å². The first-order valence-electron chi connectivity index (χ1n) is 28.9. The van der Waals surface area contributed by atoms with Crippen LogP contribution in [0.1, 0.15) is 52.7 Å². The van der Waals surface area contributed by atoms with Crippen molar-refractivity contribution in [3.63, 3.8) is 0 Å². The van der Waals surface area contributed by atoms with Gasteiger partial charge in [0.25, 0.3) is 6.71 Å². The average molecular weight is 1070 g/mol. The highest BCUT2D eigenvalue weighted by molar-refractivity contribution is 7.00. The topological polar surface area (TPSA) is 45.2 Å². The Kier molecular flexibility index (Phi) is 12.7. The van der Waals surface area contributed by atoms with Crippen LogP contribution in [0, 0.1) is 0 Å². The standard InChI is InChI=1S/C77H62BN5/c1-76(2,3)62-37-39-66-68(49-62)82(64-43-57(51-25-13-7-14-26-51)41-58(44-64)52-27-15-8-16-28-52)70-47-61(75-80-73(55-33-21-11-22-34-55)79-74(81-75)56-35-23-12-24-36-56)48-71-72(70)78(66)67-40-38-63(77(4,5)6)50-69(67)83(71)65-45-59(53-29-17-9-18-30-53)42-60(46-65)54-31-19-10-20-32-54/h7-50H,1-6H3. The van der Waals surface area contributed by atoms with E-state index in [0.717, 1.165) is 95.3 Å². The maximum atomic E-state index is 5.49. The SMILES string of the molecule is CC(C)(C)c1ccc2c(c1)N(c1cc(-c3ccccc3)cc(-c3ccccc3)c1)c1cc(-c3nc(-c4ccccc4)nc(-c4ccccc4)n3)cc3c1B2c1ccc(C(C)(C)C)cc1N3c1cc(-c2ccccc2)cc(-c2ccccc2)c1. The number of nitrogens with zero attached hydrogens (tertiary/aromatic N) is 5. The minimum Gasteiger partial charge on any atom is -0.311 e. The van der Waals surface area contributed by atoms with E-state index in [4.69, 9.17) is 15.0 Å². The molecule has 2 aliphatic heterocycles. The highest BCUT2D eigenvalue weighted by atomic mass is 15.2. The lowest BCUT2D eigenvalue weighted by atomic mass is 9.33. The highest BCUT2D eigenvalue weighted by Crippen LogP contribution is 2.49. The fraction of sp³-hybridized carbons (Fsp3) is 0.104. The van der Waals surface area contributed by atoms with Crippen molar-refractivity contribution in [1.29, 1.82) is 0 Å². The zero-order valence-corrected chi connectivity index (χ0v) is 47.7. The molecule has 2 aliphatic rings. The minimum atomic E-state index is -0.149. The first-order chi connectivity index (χ1) is 40.4. The fourth-order valence-electron chi connectivity index (χ4n) is 12.2. The van der Waals surface area contributed by atoms with Gasteiger partial charge in [0.15, 0.2) is 17.5 Å². The second-order valence-corrected chi connectivity index (χ2v) is 24.1. The van der Waals surface area contributed by atoms with E-state index in [1.165, 1.54) is 27.5 Å². The molecule has 398 valence electrons. The maximum Gasteiger partial charge on any atom is 0.252 e. The predicted octanol–water partition coefficient (Wildman–Crippen LogP) is 18.2. The van der Waals surface area contributed by atoms with Gasteiger partial charge in [-0.15, -0.1) is 0 Å². The predicted molar refractivity (Wildman–Crippen MR) is 349 cm³/mol. The fourth-order valence-corrected chi connectivity index (χ4v) is 12.2. The monoisotopic (exact) mass is 1070 g/mol. The van der Waals surface area contributed by atoms with Crippen molar-refractivity contribution in [3.05, 3.63) is 278 Å². The van der Waals surface area contributed by atoms with Crippen LogP contribution in [0.4, 0.5) is 34.1 Å². The Hall–Kier alpha value is -9.91. The number of rotatable bonds is 9. The van der Waals surface area contributed by atoms with Gasteiger partial charge < -0.3 is 9.80 Å². The summed E-state index contributed by atoms with van der Waals surface area (Å²) in [5.41, 5.74) is 24.3. The highest BCUT2D eigenvalue weighted by Gasteiger charge is 2.45. The Balaban J connectivity index is 1.14. The quantitative estimate of drug-likeness (QED) is 0.135. The second kappa shape index (κ2) is 20.6. The van der Waals surface area contributed by atoms with Gasteiger partial charge in [0.2, 0.25) is 0 Å². The molecular formula is C77H62BN5. The van der Waals surface area contributed by atoms with Crippen molar-refractivity contribution >= 4 is 57.2 Å². The molecule has 11 aromatic carbocycles. The average Bonchev–Trinajstić information content (AvgIpc) is 0.966. The van der Waals surface area contributed by atoms with Crippen LogP contribution in [-0.4, -0.2) is 21.7 Å². The molecule has 14 rings (SSSR count). The molecule has 0 N–H and O–H groups in total. The van der Waals surface area contributed by atoms with Crippen LogP contribution in [-0.2, 0) is 10.8 Å². The van der Waals surface area contributed by atoms with E-state index in [1.807, 2.05) is 36.4 Å². The Bertz CT molecular complexity index is 3990. The molecule has 5 nitrogen and oxygen atoms in total. The Morgan fingerprint density at radius 2 is 0.554 bits per heavy atom. The van der Waals surface area contributed by atoms with Crippen molar-refractivity contribution in [1.82, 2.24) is 15.0 Å². The Morgan fingerprint density at radius 1 is 0.265 bits per heavy atom. The van der Waals surface area contributed by atoms with Crippen LogP contribution in [0.25, 0.3) is 78.7 Å². The summed E-state index contributed by atoms with van der Waals surface area (Å²) in [6.07, 6.45) is 0. The largest absolute Gasteiger partial charge is 0.311 e. The van der Waals surface area contributed by atoms with Gasteiger partial charge in [-0.25, -0.2) is 15.0 Å². The molecule has 0 amide bonds. The lowest BCUT2D eigenvalue weighted by molar-refractivity contribution is 0.590. The van der Waals surface area contributed by atoms with E-state index in [1.54, 1.807) is 0 Å². The van der Waals surface area contributed by atoms with Crippen molar-refractivity contribution in [2.24, 2.45) is 0 Å². The van der Waals surface area contributed by atoms with Crippen LogP contribution >= 0.6 is 0 Å². The van der Waals surface area contributed by atoms with E-state index in [-0.39, 0.29) is 17.5 Å². The van der Waals surface area contributed by atoms with Gasteiger partial charge in [-0.2, -0.15) is 0 Å². The molecule has 6 heteroatoms. The van der Waals surface area contributed by atoms with Gasteiger partial charge in [-0.3, -0.25) is 0 Å². The number of hydrogen-bond acceptors (Lipinski definition) is 5. The smallest absolute Gasteiger partial charge is 0.252 e. The van der Waals surface area contributed by atoms with Crippen molar-refractivity contribution in [2.45, 2.75) is 52.4 Å². The lowest BCUT2D eigenvalue weighted by Gasteiger charge is -2.45. The molecule has 0 bridgehead atoms. The van der Waals surface area contributed by atoms with Crippen LogP contribution in [0.5, 0.6) is 0 Å². The van der Waals surface area contributed by atoms with Gasteiger partial charge in [0, 0.05) is 50.8 Å². The molecule has 0 saturated carbocycles. The van der Waals surface area contributed by atoms with Crippen LogP contribution in [0.2, 0.25) is 0 Å². The van der Waals surface area contributed by atoms with Gasteiger partial charge in [0.05, 0.1) is 0 Å².